The minimum Gasteiger partial charge on any atom is -0.522 e. The lowest BCUT2D eigenvalue weighted by atomic mass is 9.73. The Kier molecular flexibility index (Phi) is 14.6. The number of fused-ring (bicyclic) bond motifs is 1. The van der Waals surface area contributed by atoms with Crippen molar-refractivity contribution in [1.29, 1.82) is 0 Å². The minimum absolute atomic E-state index is 0.0641. The molecule has 0 saturated carbocycles. The Morgan fingerprint density at radius 2 is 1.57 bits per heavy atom. The minimum atomic E-state index is -5.35. The zero-order chi connectivity index (χ0) is 39.6. The molecule has 20 heteroatoms. The summed E-state index contributed by atoms with van der Waals surface area (Å²) in [6, 6.07) is 19.1. The number of rotatable bonds is 18. The third-order valence-electron chi connectivity index (χ3n) is 8.24. The lowest BCUT2D eigenvalue weighted by Gasteiger charge is -2.24. The number of nitrogens with zero attached hydrogens (tertiary/aromatic N) is 2. The van der Waals surface area contributed by atoms with Gasteiger partial charge in [-0.25, -0.2) is 4.79 Å². The van der Waals surface area contributed by atoms with Crippen molar-refractivity contribution in [3.63, 3.8) is 0 Å². The molecule has 1 aromatic heterocycles. The van der Waals surface area contributed by atoms with Gasteiger partial charge in [-0.1, -0.05) is 50.2 Å². The van der Waals surface area contributed by atoms with E-state index in [4.69, 9.17) is 33.6 Å². The Balaban J connectivity index is 1.37. The summed E-state index contributed by atoms with van der Waals surface area (Å²) in [5, 5.41) is 4.70. The summed E-state index contributed by atoms with van der Waals surface area (Å²) in [6.45, 7) is 3.68. The van der Waals surface area contributed by atoms with Crippen LogP contribution in [-0.4, -0.2) is 80.5 Å². The smallest absolute Gasteiger partial charge is 0.522 e. The normalized spacial score (nSPS) is 13.7. The number of carbonyl (C=O) groups excluding carboxylic acids is 4. The molecule has 0 fully saturated rings. The quantitative estimate of drug-likeness (QED) is 0.0466. The van der Waals surface area contributed by atoms with Gasteiger partial charge in [0, 0.05) is 38.1 Å². The fraction of sp³-hybridized carbons (Fsp3) is 0.382. The number of Topliss-reactive ketones (excluding diaryl/α,β-unsaturated/α-hetero) is 1. The third kappa shape index (κ3) is 12.2. The average molecular weight is 788 g/mol. The Morgan fingerprint density at radius 1 is 0.907 bits per heavy atom. The van der Waals surface area contributed by atoms with E-state index in [1.165, 1.54) is 13.2 Å². The van der Waals surface area contributed by atoms with Crippen molar-refractivity contribution in [3.05, 3.63) is 84.2 Å². The SMILES string of the molecule is CC(C)C[C@H](NC(=O)[C@@H](CC(=O)c1ccccn1)Cc1ccccc1)B1Oc2ccc(N(C)C(=O)OCCCC(=O)NC(P(=O)(O)O)P(=O)(O)O)cc2O1. The predicted molar refractivity (Wildman–Crippen MR) is 197 cm³/mol. The molecule has 2 atom stereocenters. The molecule has 6 N–H and O–H groups in total. The first-order chi connectivity index (χ1) is 25.4. The van der Waals surface area contributed by atoms with Crippen molar-refractivity contribution in [2.24, 2.45) is 11.8 Å². The molecule has 1 aliphatic rings. The number of ketones is 1. The molecule has 0 saturated heterocycles. The number of benzene rings is 2. The fourth-order valence-electron chi connectivity index (χ4n) is 5.57. The molecule has 0 bridgehead atoms. The van der Waals surface area contributed by atoms with Crippen LogP contribution in [0.2, 0.25) is 0 Å². The van der Waals surface area contributed by atoms with Crippen molar-refractivity contribution in [3.8, 4) is 11.5 Å². The highest BCUT2D eigenvalue weighted by Crippen LogP contribution is 2.58. The van der Waals surface area contributed by atoms with Crippen LogP contribution in [0.1, 0.15) is 55.6 Å². The number of carbonyl (C=O) groups is 4. The summed E-state index contributed by atoms with van der Waals surface area (Å²) in [4.78, 5) is 93.8. The molecule has 1 aliphatic heterocycles. The number of ether oxygens (including phenoxy) is 1. The maximum atomic E-state index is 13.9. The molecule has 0 radical (unpaired) electrons. The standard InChI is InChI=1S/C34H43BN4O13P2/c1-22(2)18-30(37-32(42)24(19-23-10-5-4-6-11-23)20-27(40)26-12-7-8-16-36-26)35-51-28-15-14-25(21-29(28)52-35)39(3)34(43)50-17-9-13-31(41)38-33(53(44,45)46)54(47,48)49/h4-8,10-12,14-16,21-22,24,30,33H,9,13,17-20H2,1-3H3,(H,37,42)(H,38,41)(H2,44,45,46)(H2,47,48,49)/t24-,30+/m1/s1. The number of hydrogen-bond acceptors (Lipinski definition) is 10. The zero-order valence-electron chi connectivity index (χ0n) is 29.8. The summed E-state index contributed by atoms with van der Waals surface area (Å²) in [7, 11) is -10.2. The second-order valence-electron chi connectivity index (χ2n) is 13.1. The van der Waals surface area contributed by atoms with E-state index in [0.717, 1.165) is 10.5 Å². The topological polar surface area (TPSA) is 251 Å². The molecule has 2 aromatic carbocycles. The molecule has 4 rings (SSSR count). The summed E-state index contributed by atoms with van der Waals surface area (Å²) < 4.78 is 40.2. The van der Waals surface area contributed by atoms with Gasteiger partial charge in [0.2, 0.25) is 17.3 Å². The Morgan fingerprint density at radius 3 is 2.20 bits per heavy atom. The number of nitrogens with one attached hydrogen (secondary N) is 2. The second-order valence-corrected chi connectivity index (χ2v) is 16.9. The molecule has 3 aromatic rings. The van der Waals surface area contributed by atoms with Crippen LogP contribution in [0.3, 0.4) is 0 Å². The predicted octanol–water partition coefficient (Wildman–Crippen LogP) is 3.65. The second kappa shape index (κ2) is 18.7. The molecule has 54 heavy (non-hydrogen) atoms. The lowest BCUT2D eigenvalue weighted by Crippen LogP contribution is -2.53. The summed E-state index contributed by atoms with van der Waals surface area (Å²) in [6.07, 6.45) is 0.884. The van der Waals surface area contributed by atoms with Crippen molar-refractivity contribution in [2.45, 2.75) is 57.4 Å². The van der Waals surface area contributed by atoms with Crippen molar-refractivity contribution < 1.29 is 61.9 Å². The van der Waals surface area contributed by atoms with E-state index < -0.39 is 58.1 Å². The highest BCUT2D eigenvalue weighted by Gasteiger charge is 2.45. The first-order valence-corrected chi connectivity index (χ1v) is 20.3. The van der Waals surface area contributed by atoms with E-state index in [1.54, 1.807) is 41.7 Å². The number of hydrogen-bond donors (Lipinski definition) is 6. The first-order valence-electron chi connectivity index (χ1n) is 17.0. The van der Waals surface area contributed by atoms with Gasteiger partial charge in [-0.15, -0.1) is 0 Å². The summed E-state index contributed by atoms with van der Waals surface area (Å²) in [5.41, 5.74) is -1.17. The van der Waals surface area contributed by atoms with Gasteiger partial charge in [0.1, 0.15) is 17.2 Å². The number of anilines is 1. The summed E-state index contributed by atoms with van der Waals surface area (Å²) in [5.74, 6) is -2.20. The van der Waals surface area contributed by atoms with E-state index in [1.807, 2.05) is 44.2 Å². The molecule has 2 heterocycles. The molecule has 3 amide bonds. The van der Waals surface area contributed by atoms with Crippen LogP contribution in [0.4, 0.5) is 10.5 Å². The molecular formula is C34H43BN4O13P2. The van der Waals surface area contributed by atoms with Crippen LogP contribution in [-0.2, 0) is 29.9 Å². The van der Waals surface area contributed by atoms with Crippen LogP contribution in [0.15, 0.2) is 72.9 Å². The van der Waals surface area contributed by atoms with Gasteiger partial charge in [-0.3, -0.25) is 33.4 Å². The molecular weight excluding hydrogens is 745 g/mol. The molecule has 0 unspecified atom stereocenters. The van der Waals surface area contributed by atoms with Crippen molar-refractivity contribution in [1.82, 2.24) is 15.6 Å². The van der Waals surface area contributed by atoms with Crippen LogP contribution in [0.5, 0.6) is 11.5 Å². The van der Waals surface area contributed by atoms with Gasteiger partial charge in [0.15, 0.2) is 5.78 Å². The highest BCUT2D eigenvalue weighted by atomic mass is 31.2. The van der Waals surface area contributed by atoms with Gasteiger partial charge < -0.3 is 44.3 Å². The highest BCUT2D eigenvalue weighted by molar-refractivity contribution is 7.70. The van der Waals surface area contributed by atoms with Crippen LogP contribution < -0.4 is 24.8 Å². The molecule has 17 nitrogen and oxygen atoms in total. The number of aromatic nitrogens is 1. The molecule has 290 valence electrons. The monoisotopic (exact) mass is 788 g/mol. The van der Waals surface area contributed by atoms with E-state index in [9.17, 15) is 28.3 Å². The van der Waals surface area contributed by atoms with E-state index >= 15 is 0 Å². The van der Waals surface area contributed by atoms with Gasteiger partial charge in [0.25, 0.3) is 0 Å². The van der Waals surface area contributed by atoms with E-state index in [2.05, 4.69) is 10.3 Å². The lowest BCUT2D eigenvalue weighted by molar-refractivity contribution is -0.125. The van der Waals surface area contributed by atoms with Gasteiger partial charge in [-0.05, 0) is 55.0 Å². The maximum Gasteiger partial charge on any atom is 0.618 e. The number of amides is 3. The third-order valence-corrected chi connectivity index (χ3v) is 11.6. The van der Waals surface area contributed by atoms with Crippen LogP contribution in [0, 0.1) is 11.8 Å². The zero-order valence-corrected chi connectivity index (χ0v) is 31.6. The van der Waals surface area contributed by atoms with Gasteiger partial charge in [0.05, 0.1) is 18.2 Å². The summed E-state index contributed by atoms with van der Waals surface area (Å²) >= 11 is 0. The van der Waals surface area contributed by atoms with Crippen molar-refractivity contribution >= 4 is 51.7 Å². The Bertz CT molecular complexity index is 1860. The first kappa shape index (κ1) is 42.2. The van der Waals surface area contributed by atoms with Crippen LogP contribution >= 0.6 is 15.2 Å². The van der Waals surface area contributed by atoms with Crippen molar-refractivity contribution in [2.75, 3.05) is 18.6 Å². The molecule has 0 spiro atoms. The van der Waals surface area contributed by atoms with Gasteiger partial charge in [-0.2, -0.15) is 0 Å². The average Bonchev–Trinajstić information content (AvgIpc) is 3.55. The van der Waals surface area contributed by atoms with Crippen LogP contribution in [0.25, 0.3) is 0 Å². The molecule has 0 aliphatic carbocycles. The van der Waals surface area contributed by atoms with E-state index in [0.29, 0.717) is 30.0 Å². The van der Waals surface area contributed by atoms with E-state index in [-0.39, 0.29) is 42.8 Å². The number of pyridine rings is 1. The fourth-order valence-corrected chi connectivity index (χ4v) is 7.76. The Hall–Kier alpha value is -4.57. The largest absolute Gasteiger partial charge is 0.618 e. The Labute approximate surface area is 312 Å². The maximum absolute atomic E-state index is 13.9. The van der Waals surface area contributed by atoms with Gasteiger partial charge >= 0.3 is 28.4 Å².